The molecule has 0 heterocycles. The number of hydrogen-bond acceptors (Lipinski definition) is 4. The van der Waals surface area contributed by atoms with Gasteiger partial charge in [-0.25, -0.2) is 4.79 Å². The van der Waals surface area contributed by atoms with Gasteiger partial charge < -0.3 is 9.84 Å². The van der Waals surface area contributed by atoms with Crippen molar-refractivity contribution in [3.8, 4) is 5.75 Å². The zero-order chi connectivity index (χ0) is 17.9. The number of nitrogens with zero attached hydrogens (tertiary/aromatic N) is 1. The number of ether oxygens (including phenoxy) is 1. The normalized spacial score (nSPS) is 11.2. The second-order valence-electron chi connectivity index (χ2n) is 5.03. The van der Waals surface area contributed by atoms with Gasteiger partial charge in [0.15, 0.2) is 0 Å². The molecule has 2 rings (SSSR count). The van der Waals surface area contributed by atoms with Gasteiger partial charge in [0.2, 0.25) is 0 Å². The van der Waals surface area contributed by atoms with E-state index in [1.165, 1.54) is 31.4 Å². The maximum Gasteiger partial charge on any atom is 0.336 e. The number of rotatable bonds is 5. The van der Waals surface area contributed by atoms with E-state index in [0.717, 1.165) is 5.56 Å². The monoisotopic (exact) mass is 347 g/mol. The highest BCUT2D eigenvalue weighted by atomic mass is 35.5. The van der Waals surface area contributed by atoms with E-state index in [2.05, 4.69) is 0 Å². The summed E-state index contributed by atoms with van der Waals surface area (Å²) in [6, 6.07) is 9.26. The quantitative estimate of drug-likeness (QED) is 0.379. The smallest absolute Gasteiger partial charge is 0.336 e. The summed E-state index contributed by atoms with van der Waals surface area (Å²) >= 11 is 5.78. The van der Waals surface area contributed by atoms with Gasteiger partial charge in [-0.1, -0.05) is 29.3 Å². The van der Waals surface area contributed by atoms with Crippen LogP contribution in [0.5, 0.6) is 5.75 Å². The molecule has 1 N–H and O–H groups in total. The Bertz CT molecular complexity index is 845. The van der Waals surface area contributed by atoms with Crippen LogP contribution in [0.4, 0.5) is 5.69 Å². The summed E-state index contributed by atoms with van der Waals surface area (Å²) in [5.41, 5.74) is 1.29. The predicted octanol–water partition coefficient (Wildman–Crippen LogP) is 4.19. The summed E-state index contributed by atoms with van der Waals surface area (Å²) in [4.78, 5) is 22.0. The van der Waals surface area contributed by atoms with E-state index in [1.807, 2.05) is 6.92 Å². The number of halogens is 1. The van der Waals surface area contributed by atoms with Crippen LogP contribution < -0.4 is 4.74 Å². The molecule has 6 nitrogen and oxygen atoms in total. The molecule has 0 saturated heterocycles. The molecule has 0 aliphatic rings. The van der Waals surface area contributed by atoms with Crippen molar-refractivity contribution in [1.82, 2.24) is 0 Å². The molecule has 2 aromatic carbocycles. The lowest BCUT2D eigenvalue weighted by molar-refractivity contribution is -0.384. The van der Waals surface area contributed by atoms with E-state index in [0.29, 0.717) is 16.9 Å². The first-order valence-corrected chi connectivity index (χ1v) is 7.25. The Labute approximate surface area is 143 Å². The van der Waals surface area contributed by atoms with Crippen LogP contribution in [0.3, 0.4) is 0 Å². The van der Waals surface area contributed by atoms with Crippen LogP contribution in [0, 0.1) is 17.0 Å². The minimum atomic E-state index is -1.17. The average molecular weight is 348 g/mol. The third-order valence-electron chi connectivity index (χ3n) is 3.35. The molecule has 0 unspecified atom stereocenters. The van der Waals surface area contributed by atoms with Gasteiger partial charge in [-0.3, -0.25) is 10.1 Å². The first-order valence-electron chi connectivity index (χ1n) is 6.87. The molecule has 0 aliphatic carbocycles. The second-order valence-corrected chi connectivity index (χ2v) is 5.44. The lowest BCUT2D eigenvalue weighted by atomic mass is 9.99. The summed E-state index contributed by atoms with van der Waals surface area (Å²) in [5.74, 6) is -0.769. The Balaban J connectivity index is 2.63. The van der Waals surface area contributed by atoms with Gasteiger partial charge in [0.1, 0.15) is 10.8 Å². The molecule has 0 saturated carbocycles. The van der Waals surface area contributed by atoms with Crippen LogP contribution in [0.1, 0.15) is 16.7 Å². The Hall–Kier alpha value is -2.86. The molecular weight excluding hydrogens is 334 g/mol. The molecule has 0 bridgehead atoms. The molecule has 0 fully saturated rings. The summed E-state index contributed by atoms with van der Waals surface area (Å²) in [6.07, 6.45) is 1.35. The zero-order valence-electron chi connectivity index (χ0n) is 12.9. The number of carboxylic acid groups (broad SMARTS) is 1. The minimum Gasteiger partial charge on any atom is -0.496 e. The van der Waals surface area contributed by atoms with Crippen LogP contribution in [0.25, 0.3) is 11.6 Å². The van der Waals surface area contributed by atoms with Crippen molar-refractivity contribution < 1.29 is 19.6 Å². The van der Waals surface area contributed by atoms with Gasteiger partial charge in [-0.05, 0) is 36.8 Å². The third-order valence-corrected chi connectivity index (χ3v) is 3.67. The van der Waals surface area contributed by atoms with Crippen molar-refractivity contribution in [3.63, 3.8) is 0 Å². The van der Waals surface area contributed by atoms with E-state index >= 15 is 0 Å². The van der Waals surface area contributed by atoms with E-state index < -0.39 is 10.9 Å². The van der Waals surface area contributed by atoms with Crippen molar-refractivity contribution in [2.75, 3.05) is 7.11 Å². The van der Waals surface area contributed by atoms with Crippen molar-refractivity contribution in [2.24, 2.45) is 0 Å². The molecule has 7 heteroatoms. The van der Waals surface area contributed by atoms with Gasteiger partial charge in [-0.15, -0.1) is 0 Å². The molecule has 0 amide bonds. The first-order chi connectivity index (χ1) is 11.3. The topological polar surface area (TPSA) is 89.7 Å². The Kier molecular flexibility index (Phi) is 5.21. The Morgan fingerprint density at radius 1 is 1.29 bits per heavy atom. The van der Waals surface area contributed by atoms with Crippen molar-refractivity contribution >= 4 is 34.9 Å². The second kappa shape index (κ2) is 7.14. The maximum atomic E-state index is 11.7. The van der Waals surface area contributed by atoms with Crippen LogP contribution in [0.15, 0.2) is 36.4 Å². The molecule has 0 spiro atoms. The molecule has 2 aromatic rings. The van der Waals surface area contributed by atoms with Crippen LogP contribution >= 0.6 is 11.6 Å². The SMILES string of the molecule is COc1ccc(C)cc1/C(=C/c1ccc(Cl)c([N+](=O)[O-])c1)C(=O)O. The highest BCUT2D eigenvalue weighted by molar-refractivity contribution is 6.32. The highest BCUT2D eigenvalue weighted by Crippen LogP contribution is 2.31. The number of aryl methyl sites for hydroxylation is 1. The number of nitro groups is 1. The number of benzene rings is 2. The highest BCUT2D eigenvalue weighted by Gasteiger charge is 2.17. The summed E-state index contributed by atoms with van der Waals surface area (Å²) < 4.78 is 5.22. The number of carbonyl (C=O) groups is 1. The van der Waals surface area contributed by atoms with E-state index in [1.54, 1.807) is 18.2 Å². The predicted molar refractivity (Wildman–Crippen MR) is 91.3 cm³/mol. The van der Waals surface area contributed by atoms with Crippen LogP contribution in [-0.4, -0.2) is 23.1 Å². The van der Waals surface area contributed by atoms with Gasteiger partial charge in [0.05, 0.1) is 17.6 Å². The van der Waals surface area contributed by atoms with Gasteiger partial charge in [0.25, 0.3) is 5.69 Å². The van der Waals surface area contributed by atoms with Crippen molar-refractivity contribution in [2.45, 2.75) is 6.92 Å². The lowest BCUT2D eigenvalue weighted by Gasteiger charge is -2.10. The third kappa shape index (κ3) is 3.72. The molecule has 0 atom stereocenters. The van der Waals surface area contributed by atoms with Gasteiger partial charge >= 0.3 is 5.97 Å². The van der Waals surface area contributed by atoms with E-state index in [4.69, 9.17) is 16.3 Å². The number of aliphatic carboxylic acids is 1. The lowest BCUT2D eigenvalue weighted by Crippen LogP contribution is -2.02. The standard InChI is InChI=1S/C17H14ClNO5/c1-10-3-6-16(24-2)12(7-10)13(17(20)21)8-11-4-5-14(18)15(9-11)19(22)23/h3-9H,1-2H3,(H,20,21)/b13-8-. The number of carboxylic acids is 1. The van der Waals surface area contributed by atoms with Gasteiger partial charge in [0, 0.05) is 11.6 Å². The molecule has 0 aromatic heterocycles. The minimum absolute atomic E-state index is 0.0119. The fourth-order valence-corrected chi connectivity index (χ4v) is 2.40. The number of nitro benzene ring substituents is 1. The fraction of sp³-hybridized carbons (Fsp3) is 0.118. The number of hydrogen-bond donors (Lipinski definition) is 1. The van der Waals surface area contributed by atoms with E-state index in [-0.39, 0.29) is 16.3 Å². The average Bonchev–Trinajstić information content (AvgIpc) is 2.53. The molecule has 0 aliphatic heterocycles. The zero-order valence-corrected chi connectivity index (χ0v) is 13.7. The Morgan fingerprint density at radius 3 is 2.58 bits per heavy atom. The van der Waals surface area contributed by atoms with E-state index in [9.17, 15) is 20.0 Å². The molecule has 124 valence electrons. The molecule has 0 radical (unpaired) electrons. The molecule has 24 heavy (non-hydrogen) atoms. The van der Waals surface area contributed by atoms with Gasteiger partial charge in [-0.2, -0.15) is 0 Å². The summed E-state index contributed by atoms with van der Waals surface area (Å²) in [5, 5.41) is 20.5. The number of methoxy groups -OCH3 is 1. The van der Waals surface area contributed by atoms with Crippen LogP contribution in [-0.2, 0) is 4.79 Å². The summed E-state index contributed by atoms with van der Waals surface area (Å²) in [6.45, 7) is 1.83. The molecular formula is C17H14ClNO5. The van der Waals surface area contributed by atoms with Crippen molar-refractivity contribution in [1.29, 1.82) is 0 Å². The Morgan fingerprint density at radius 2 is 2.00 bits per heavy atom. The fourth-order valence-electron chi connectivity index (χ4n) is 2.21. The first kappa shape index (κ1) is 17.5. The largest absolute Gasteiger partial charge is 0.496 e. The maximum absolute atomic E-state index is 11.7. The summed E-state index contributed by atoms with van der Waals surface area (Å²) in [7, 11) is 1.45. The van der Waals surface area contributed by atoms with Crippen molar-refractivity contribution in [3.05, 3.63) is 68.2 Å². The van der Waals surface area contributed by atoms with Crippen LogP contribution in [0.2, 0.25) is 5.02 Å².